The molecular weight excluding hydrogens is 334 g/mol. The summed E-state index contributed by atoms with van der Waals surface area (Å²) in [6.45, 7) is 3.83. The molecule has 3 heterocycles. The SMILES string of the molecule is CC1CCCN(C(=O)c2cnc(-n3cnnc3)c(Br)c2)C1. The highest BCUT2D eigenvalue weighted by atomic mass is 79.9. The molecule has 0 N–H and O–H groups in total. The molecule has 1 aliphatic heterocycles. The van der Waals surface area contributed by atoms with E-state index in [1.54, 1.807) is 23.4 Å². The molecule has 1 atom stereocenters. The molecule has 1 aliphatic rings. The number of carbonyl (C=O) groups is 1. The zero-order chi connectivity index (χ0) is 14.8. The minimum absolute atomic E-state index is 0.0463. The van der Waals surface area contributed by atoms with Gasteiger partial charge in [0.2, 0.25) is 0 Å². The first-order chi connectivity index (χ1) is 10.1. The normalized spacial score (nSPS) is 18.8. The molecule has 0 aliphatic carbocycles. The van der Waals surface area contributed by atoms with Crippen LogP contribution in [0.25, 0.3) is 5.82 Å². The lowest BCUT2D eigenvalue weighted by Crippen LogP contribution is -2.39. The molecule has 110 valence electrons. The number of carbonyl (C=O) groups excluding carboxylic acids is 1. The van der Waals surface area contributed by atoms with Crippen molar-refractivity contribution in [2.45, 2.75) is 19.8 Å². The molecule has 1 amide bonds. The van der Waals surface area contributed by atoms with Crippen LogP contribution in [0.1, 0.15) is 30.1 Å². The van der Waals surface area contributed by atoms with Gasteiger partial charge in [0.25, 0.3) is 5.91 Å². The Balaban J connectivity index is 1.83. The van der Waals surface area contributed by atoms with Crippen molar-refractivity contribution in [3.8, 4) is 5.82 Å². The maximum absolute atomic E-state index is 12.5. The third-order valence-corrected chi connectivity index (χ3v) is 4.26. The van der Waals surface area contributed by atoms with Gasteiger partial charge in [-0.2, -0.15) is 0 Å². The summed E-state index contributed by atoms with van der Waals surface area (Å²) >= 11 is 3.46. The van der Waals surface area contributed by atoms with Crippen LogP contribution in [0.4, 0.5) is 0 Å². The number of hydrogen-bond acceptors (Lipinski definition) is 4. The second kappa shape index (κ2) is 5.93. The largest absolute Gasteiger partial charge is 0.338 e. The lowest BCUT2D eigenvalue weighted by atomic mass is 10.00. The van der Waals surface area contributed by atoms with Crippen LogP contribution >= 0.6 is 15.9 Å². The van der Waals surface area contributed by atoms with Crippen LogP contribution in [-0.2, 0) is 0 Å². The summed E-state index contributed by atoms with van der Waals surface area (Å²) in [5.41, 5.74) is 0.604. The minimum atomic E-state index is 0.0463. The number of halogens is 1. The molecule has 0 radical (unpaired) electrons. The first-order valence-electron chi connectivity index (χ1n) is 6.95. The van der Waals surface area contributed by atoms with Gasteiger partial charge in [0, 0.05) is 19.3 Å². The molecular formula is C14H16BrN5O. The average Bonchev–Trinajstić information content (AvgIpc) is 3.00. The van der Waals surface area contributed by atoms with Crippen molar-refractivity contribution in [3.05, 3.63) is 35.0 Å². The van der Waals surface area contributed by atoms with Crippen LogP contribution < -0.4 is 0 Å². The maximum atomic E-state index is 12.5. The molecule has 6 nitrogen and oxygen atoms in total. The molecule has 1 unspecified atom stereocenters. The highest BCUT2D eigenvalue weighted by Crippen LogP contribution is 2.22. The summed E-state index contributed by atoms with van der Waals surface area (Å²) in [5, 5.41) is 7.51. The van der Waals surface area contributed by atoms with E-state index in [1.165, 1.54) is 6.42 Å². The monoisotopic (exact) mass is 349 g/mol. The Bertz CT molecular complexity index is 643. The number of aromatic nitrogens is 4. The van der Waals surface area contributed by atoms with E-state index in [4.69, 9.17) is 0 Å². The average molecular weight is 350 g/mol. The standard InChI is InChI=1S/C14H16BrN5O/c1-10-3-2-4-19(7-10)14(21)11-5-12(15)13(16-6-11)20-8-17-18-9-20/h5-6,8-10H,2-4,7H2,1H3. The van der Waals surface area contributed by atoms with Crippen LogP contribution in [0.5, 0.6) is 0 Å². The van der Waals surface area contributed by atoms with E-state index in [-0.39, 0.29) is 5.91 Å². The minimum Gasteiger partial charge on any atom is -0.338 e. The van der Waals surface area contributed by atoms with E-state index in [0.717, 1.165) is 24.0 Å². The predicted octanol–water partition coefficient (Wildman–Crippen LogP) is 2.30. The molecule has 1 saturated heterocycles. The number of likely N-dealkylation sites (tertiary alicyclic amines) is 1. The van der Waals surface area contributed by atoms with Gasteiger partial charge >= 0.3 is 0 Å². The Morgan fingerprint density at radius 3 is 2.81 bits per heavy atom. The van der Waals surface area contributed by atoms with Crippen molar-refractivity contribution in [3.63, 3.8) is 0 Å². The Labute approximate surface area is 131 Å². The van der Waals surface area contributed by atoms with Crippen molar-refractivity contribution in [1.29, 1.82) is 0 Å². The highest BCUT2D eigenvalue weighted by molar-refractivity contribution is 9.10. The number of nitrogens with zero attached hydrogens (tertiary/aromatic N) is 5. The first kappa shape index (κ1) is 14.2. The summed E-state index contributed by atoms with van der Waals surface area (Å²) in [6, 6.07) is 1.81. The van der Waals surface area contributed by atoms with Gasteiger partial charge in [-0.05, 0) is 40.8 Å². The Kier molecular flexibility index (Phi) is 4.01. The molecule has 0 bridgehead atoms. The number of hydrogen-bond donors (Lipinski definition) is 0. The van der Waals surface area contributed by atoms with Crippen LogP contribution in [-0.4, -0.2) is 43.6 Å². The zero-order valence-electron chi connectivity index (χ0n) is 11.7. The molecule has 0 saturated carbocycles. The second-order valence-corrected chi connectivity index (χ2v) is 6.25. The van der Waals surface area contributed by atoms with Crippen molar-refractivity contribution in [1.82, 2.24) is 24.6 Å². The fourth-order valence-electron chi connectivity index (χ4n) is 2.60. The third kappa shape index (κ3) is 2.97. The smallest absolute Gasteiger partial charge is 0.255 e. The van der Waals surface area contributed by atoms with Crippen molar-refractivity contribution < 1.29 is 4.79 Å². The Hall–Kier alpha value is -1.76. The van der Waals surface area contributed by atoms with Crippen LogP contribution in [0, 0.1) is 5.92 Å². The maximum Gasteiger partial charge on any atom is 0.255 e. The third-order valence-electron chi connectivity index (χ3n) is 3.68. The van der Waals surface area contributed by atoms with Gasteiger partial charge < -0.3 is 4.90 Å². The van der Waals surface area contributed by atoms with E-state index >= 15 is 0 Å². The predicted molar refractivity (Wildman–Crippen MR) is 81.2 cm³/mol. The van der Waals surface area contributed by atoms with Gasteiger partial charge in [0.05, 0.1) is 10.0 Å². The zero-order valence-corrected chi connectivity index (χ0v) is 13.3. The van der Waals surface area contributed by atoms with E-state index in [2.05, 4.69) is 38.0 Å². The molecule has 3 rings (SSSR count). The van der Waals surface area contributed by atoms with Gasteiger partial charge in [0.1, 0.15) is 12.7 Å². The van der Waals surface area contributed by atoms with Gasteiger partial charge in [0.15, 0.2) is 5.82 Å². The van der Waals surface area contributed by atoms with Gasteiger partial charge in [-0.1, -0.05) is 6.92 Å². The van der Waals surface area contributed by atoms with Crippen molar-refractivity contribution in [2.24, 2.45) is 5.92 Å². The second-order valence-electron chi connectivity index (χ2n) is 5.40. The molecule has 0 spiro atoms. The van der Waals surface area contributed by atoms with Gasteiger partial charge in [-0.25, -0.2) is 4.98 Å². The van der Waals surface area contributed by atoms with Crippen LogP contribution in [0.2, 0.25) is 0 Å². The Morgan fingerprint density at radius 1 is 1.38 bits per heavy atom. The summed E-state index contributed by atoms with van der Waals surface area (Å²) in [4.78, 5) is 18.8. The van der Waals surface area contributed by atoms with Crippen molar-refractivity contribution in [2.75, 3.05) is 13.1 Å². The van der Waals surface area contributed by atoms with Crippen molar-refractivity contribution >= 4 is 21.8 Å². The van der Waals surface area contributed by atoms with Gasteiger partial charge in [-0.15, -0.1) is 10.2 Å². The topological polar surface area (TPSA) is 63.9 Å². The summed E-state index contributed by atoms with van der Waals surface area (Å²) in [6.07, 6.45) is 7.02. The number of pyridine rings is 1. The fourth-order valence-corrected chi connectivity index (χ4v) is 3.16. The lowest BCUT2D eigenvalue weighted by molar-refractivity contribution is 0.0682. The number of amides is 1. The fraction of sp³-hybridized carbons (Fsp3) is 0.429. The Morgan fingerprint density at radius 2 is 2.14 bits per heavy atom. The summed E-state index contributed by atoms with van der Waals surface area (Å²) in [7, 11) is 0. The quantitative estimate of drug-likeness (QED) is 0.834. The van der Waals surface area contributed by atoms with Gasteiger partial charge in [-0.3, -0.25) is 9.36 Å². The molecule has 21 heavy (non-hydrogen) atoms. The van der Waals surface area contributed by atoms with Crippen LogP contribution in [0.15, 0.2) is 29.4 Å². The summed E-state index contributed by atoms with van der Waals surface area (Å²) < 4.78 is 2.44. The highest BCUT2D eigenvalue weighted by Gasteiger charge is 2.22. The molecule has 2 aromatic heterocycles. The summed E-state index contributed by atoms with van der Waals surface area (Å²) in [5.74, 6) is 1.28. The van der Waals surface area contributed by atoms with E-state index in [0.29, 0.717) is 17.3 Å². The van der Waals surface area contributed by atoms with Crippen LogP contribution in [0.3, 0.4) is 0 Å². The lowest BCUT2D eigenvalue weighted by Gasteiger charge is -2.31. The molecule has 0 aromatic carbocycles. The molecule has 2 aromatic rings. The van der Waals surface area contributed by atoms with E-state index < -0.39 is 0 Å². The molecule has 1 fully saturated rings. The van der Waals surface area contributed by atoms with E-state index in [9.17, 15) is 4.79 Å². The number of piperidine rings is 1. The first-order valence-corrected chi connectivity index (χ1v) is 7.74. The number of rotatable bonds is 2. The molecule has 7 heteroatoms. The van der Waals surface area contributed by atoms with E-state index in [1.807, 2.05) is 11.0 Å².